The van der Waals surface area contributed by atoms with Crippen molar-refractivity contribution in [3.8, 4) is 0 Å². The first-order chi connectivity index (χ1) is 7.43. The lowest BCUT2D eigenvalue weighted by atomic mass is 9.92. The van der Waals surface area contributed by atoms with E-state index in [1.54, 1.807) is 7.05 Å². The number of aliphatic hydroxyl groups is 1. The fraction of sp³-hybridized carbons (Fsp3) is 0.364. The summed E-state index contributed by atoms with van der Waals surface area (Å²) in [5.41, 5.74) is -1.42. The van der Waals surface area contributed by atoms with Crippen molar-refractivity contribution in [3.63, 3.8) is 0 Å². The minimum Gasteiger partial charge on any atom is -0.375 e. The molecule has 86 valence electrons. The van der Waals surface area contributed by atoms with Gasteiger partial charge < -0.3 is 10.0 Å². The summed E-state index contributed by atoms with van der Waals surface area (Å²) >= 11 is 5.70. The second-order valence-electron chi connectivity index (χ2n) is 4.00. The molecule has 1 fully saturated rings. The molecule has 1 saturated heterocycles. The van der Waals surface area contributed by atoms with Gasteiger partial charge in [0, 0.05) is 25.0 Å². The van der Waals surface area contributed by atoms with Crippen LogP contribution >= 0.6 is 11.6 Å². The van der Waals surface area contributed by atoms with Gasteiger partial charge >= 0.3 is 0 Å². The van der Waals surface area contributed by atoms with Crippen molar-refractivity contribution in [3.05, 3.63) is 34.6 Å². The van der Waals surface area contributed by atoms with E-state index in [1.807, 2.05) is 0 Å². The third-order valence-corrected chi connectivity index (χ3v) is 3.07. The van der Waals surface area contributed by atoms with Gasteiger partial charge in [-0.05, 0) is 23.8 Å². The molecular formula is C11H11ClFNO2. The molecule has 1 aromatic rings. The van der Waals surface area contributed by atoms with Crippen LogP contribution in [0.15, 0.2) is 18.2 Å². The summed E-state index contributed by atoms with van der Waals surface area (Å²) in [6.45, 7) is 0.448. The maximum absolute atomic E-state index is 13.2. The first kappa shape index (κ1) is 11.4. The Labute approximate surface area is 97.4 Å². The topological polar surface area (TPSA) is 40.5 Å². The summed E-state index contributed by atoms with van der Waals surface area (Å²) in [6, 6.07) is 3.70. The quantitative estimate of drug-likeness (QED) is 0.813. The van der Waals surface area contributed by atoms with Crippen LogP contribution in [-0.2, 0) is 10.4 Å². The van der Waals surface area contributed by atoms with Crippen molar-refractivity contribution in [2.45, 2.75) is 12.0 Å². The van der Waals surface area contributed by atoms with Gasteiger partial charge in [0.1, 0.15) is 5.82 Å². The highest BCUT2D eigenvalue weighted by atomic mass is 35.5. The zero-order valence-electron chi connectivity index (χ0n) is 8.70. The summed E-state index contributed by atoms with van der Waals surface area (Å²) < 4.78 is 13.2. The van der Waals surface area contributed by atoms with Crippen molar-refractivity contribution >= 4 is 17.5 Å². The highest BCUT2D eigenvalue weighted by molar-refractivity contribution is 6.30. The number of rotatable bonds is 1. The smallest absolute Gasteiger partial charge is 0.258 e. The Hall–Kier alpha value is -1.13. The third kappa shape index (κ3) is 1.68. The average Bonchev–Trinajstić information content (AvgIpc) is 2.46. The number of hydrogen-bond donors (Lipinski definition) is 1. The molecule has 0 aromatic heterocycles. The number of benzene rings is 1. The van der Waals surface area contributed by atoms with Crippen molar-refractivity contribution in [1.29, 1.82) is 0 Å². The van der Waals surface area contributed by atoms with Crippen LogP contribution in [0, 0.1) is 5.82 Å². The van der Waals surface area contributed by atoms with E-state index in [0.29, 0.717) is 6.54 Å². The molecule has 16 heavy (non-hydrogen) atoms. The molecule has 0 spiro atoms. The monoisotopic (exact) mass is 243 g/mol. The lowest BCUT2D eigenvalue weighted by Gasteiger charge is -2.21. The van der Waals surface area contributed by atoms with Crippen LogP contribution in [0.3, 0.4) is 0 Å². The standard InChI is InChI=1S/C11H11ClFNO2/c1-14-3-2-11(16,10(14)15)7-4-8(12)6-9(13)5-7/h4-6,16H,2-3H2,1H3. The zero-order chi connectivity index (χ0) is 11.9. The van der Waals surface area contributed by atoms with E-state index < -0.39 is 17.3 Å². The first-order valence-electron chi connectivity index (χ1n) is 4.88. The van der Waals surface area contributed by atoms with Gasteiger partial charge in [-0.15, -0.1) is 0 Å². The van der Waals surface area contributed by atoms with E-state index in [4.69, 9.17) is 11.6 Å². The van der Waals surface area contributed by atoms with Gasteiger partial charge in [0.15, 0.2) is 5.60 Å². The number of halogens is 2. The summed E-state index contributed by atoms with van der Waals surface area (Å²) in [6.07, 6.45) is 0.252. The SMILES string of the molecule is CN1CCC(O)(c2cc(F)cc(Cl)c2)C1=O. The van der Waals surface area contributed by atoms with Crippen LogP contribution in [0.5, 0.6) is 0 Å². The van der Waals surface area contributed by atoms with Gasteiger partial charge in [0.2, 0.25) is 0 Å². The molecule has 1 aliphatic rings. The molecular weight excluding hydrogens is 233 g/mol. The van der Waals surface area contributed by atoms with E-state index in [2.05, 4.69) is 0 Å². The van der Waals surface area contributed by atoms with Gasteiger partial charge in [0.25, 0.3) is 5.91 Å². The molecule has 3 nitrogen and oxygen atoms in total. The van der Waals surface area contributed by atoms with Gasteiger partial charge in [-0.3, -0.25) is 4.79 Å². The molecule has 5 heteroatoms. The molecule has 1 atom stereocenters. The Balaban J connectivity index is 2.47. The molecule has 1 amide bonds. The first-order valence-corrected chi connectivity index (χ1v) is 5.26. The van der Waals surface area contributed by atoms with Crippen molar-refractivity contribution in [2.24, 2.45) is 0 Å². The molecule has 1 heterocycles. The Kier molecular flexibility index (Phi) is 2.64. The van der Waals surface area contributed by atoms with Crippen molar-refractivity contribution < 1.29 is 14.3 Å². The highest BCUT2D eigenvalue weighted by Crippen LogP contribution is 2.34. The molecule has 0 bridgehead atoms. The molecule has 1 N–H and O–H groups in total. The Morgan fingerprint density at radius 1 is 1.50 bits per heavy atom. The Morgan fingerprint density at radius 2 is 2.19 bits per heavy atom. The summed E-state index contributed by atoms with van der Waals surface area (Å²) in [5, 5.41) is 10.4. The second kappa shape index (κ2) is 3.71. The number of carbonyl (C=O) groups excluding carboxylic acids is 1. The molecule has 1 aromatic carbocycles. The van der Waals surface area contributed by atoms with Gasteiger partial charge in [0.05, 0.1) is 0 Å². The molecule has 2 rings (SSSR count). The van der Waals surface area contributed by atoms with Crippen LogP contribution in [0.1, 0.15) is 12.0 Å². The lowest BCUT2D eigenvalue weighted by molar-refractivity contribution is -0.143. The van der Waals surface area contributed by atoms with E-state index in [9.17, 15) is 14.3 Å². The summed E-state index contributed by atoms with van der Waals surface area (Å²) in [7, 11) is 1.60. The molecule has 1 aliphatic heterocycles. The van der Waals surface area contributed by atoms with Crippen LogP contribution in [-0.4, -0.2) is 29.5 Å². The van der Waals surface area contributed by atoms with Gasteiger partial charge in [-0.1, -0.05) is 11.6 Å². The Morgan fingerprint density at radius 3 is 2.69 bits per heavy atom. The molecule has 1 unspecified atom stereocenters. The van der Waals surface area contributed by atoms with Crippen LogP contribution in [0.4, 0.5) is 4.39 Å². The third-order valence-electron chi connectivity index (χ3n) is 2.85. The number of likely N-dealkylation sites (tertiary alicyclic amines) is 1. The van der Waals surface area contributed by atoms with Crippen LogP contribution in [0.2, 0.25) is 5.02 Å². The minimum atomic E-state index is -1.64. The fourth-order valence-electron chi connectivity index (χ4n) is 1.91. The molecule has 0 aliphatic carbocycles. The van der Waals surface area contributed by atoms with E-state index in [0.717, 1.165) is 12.1 Å². The van der Waals surface area contributed by atoms with Gasteiger partial charge in [-0.2, -0.15) is 0 Å². The van der Waals surface area contributed by atoms with Gasteiger partial charge in [-0.25, -0.2) is 4.39 Å². The van der Waals surface area contributed by atoms with E-state index in [-0.39, 0.29) is 17.0 Å². The van der Waals surface area contributed by atoms with Crippen LogP contribution < -0.4 is 0 Å². The highest BCUT2D eigenvalue weighted by Gasteiger charge is 2.45. The van der Waals surface area contributed by atoms with E-state index >= 15 is 0 Å². The molecule has 0 radical (unpaired) electrons. The van der Waals surface area contributed by atoms with E-state index in [1.165, 1.54) is 11.0 Å². The predicted octanol–water partition coefficient (Wildman–Crippen LogP) is 1.53. The lowest BCUT2D eigenvalue weighted by Crippen LogP contribution is -2.36. The maximum atomic E-state index is 13.2. The summed E-state index contributed by atoms with van der Waals surface area (Å²) in [4.78, 5) is 13.2. The zero-order valence-corrected chi connectivity index (χ0v) is 9.46. The second-order valence-corrected chi connectivity index (χ2v) is 4.43. The van der Waals surface area contributed by atoms with Crippen molar-refractivity contribution in [2.75, 3.05) is 13.6 Å². The maximum Gasteiger partial charge on any atom is 0.258 e. The number of carbonyl (C=O) groups is 1. The largest absolute Gasteiger partial charge is 0.375 e. The predicted molar refractivity (Wildman–Crippen MR) is 57.6 cm³/mol. The van der Waals surface area contributed by atoms with Crippen molar-refractivity contribution in [1.82, 2.24) is 4.90 Å². The average molecular weight is 244 g/mol. The number of likely N-dealkylation sites (N-methyl/N-ethyl adjacent to an activating group) is 1. The minimum absolute atomic E-state index is 0.172. The Bertz CT molecular complexity index is 431. The summed E-state index contributed by atoms with van der Waals surface area (Å²) in [5.74, 6) is -0.979. The number of amides is 1. The molecule has 0 saturated carbocycles. The number of hydrogen-bond acceptors (Lipinski definition) is 2. The normalized spacial score (nSPS) is 25.2. The fourth-order valence-corrected chi connectivity index (χ4v) is 2.14. The van der Waals surface area contributed by atoms with Crippen LogP contribution in [0.25, 0.3) is 0 Å². The number of nitrogens with zero attached hydrogens (tertiary/aromatic N) is 1.